The van der Waals surface area contributed by atoms with Gasteiger partial charge in [0.2, 0.25) is 5.91 Å². The molecule has 172 valence electrons. The first-order chi connectivity index (χ1) is 15.6. The van der Waals surface area contributed by atoms with Crippen molar-refractivity contribution in [2.24, 2.45) is 0 Å². The normalized spacial score (nSPS) is 14.1. The van der Waals surface area contributed by atoms with Crippen molar-refractivity contribution >= 4 is 23.3 Å². The third-order valence-electron chi connectivity index (χ3n) is 5.52. The number of morpholine rings is 1. The predicted molar refractivity (Wildman–Crippen MR) is 126 cm³/mol. The molecule has 2 aromatic rings. The second kappa shape index (κ2) is 12.2. The highest BCUT2D eigenvalue weighted by atomic mass is 16.5. The molecule has 0 aliphatic carbocycles. The number of pyridine rings is 1. The molecule has 8 heteroatoms. The molecule has 0 radical (unpaired) electrons. The highest BCUT2D eigenvalue weighted by molar-refractivity contribution is 5.94. The predicted octanol–water partition coefficient (Wildman–Crippen LogP) is 2.52. The topological polar surface area (TPSA) is 86.8 Å². The zero-order valence-electron chi connectivity index (χ0n) is 19.0. The summed E-state index contributed by atoms with van der Waals surface area (Å²) in [7, 11) is 0. The minimum absolute atomic E-state index is 0.0166. The van der Waals surface area contributed by atoms with Gasteiger partial charge in [0.15, 0.2) is 0 Å². The number of nitrogens with one attached hydrogen (secondary N) is 2. The smallest absolute Gasteiger partial charge is 0.253 e. The molecule has 1 fully saturated rings. The van der Waals surface area contributed by atoms with E-state index in [0.29, 0.717) is 18.5 Å². The van der Waals surface area contributed by atoms with Crippen LogP contribution >= 0.6 is 0 Å². The van der Waals surface area contributed by atoms with E-state index in [1.54, 1.807) is 12.3 Å². The molecule has 0 atom stereocenters. The van der Waals surface area contributed by atoms with Crippen LogP contribution in [0.5, 0.6) is 0 Å². The van der Waals surface area contributed by atoms with E-state index < -0.39 is 0 Å². The quantitative estimate of drug-likeness (QED) is 0.592. The maximum atomic E-state index is 12.5. The molecular weight excluding hydrogens is 406 g/mol. The molecule has 0 saturated carbocycles. The van der Waals surface area contributed by atoms with Crippen LogP contribution in [-0.4, -0.2) is 67.6 Å². The number of carbonyl (C=O) groups is 2. The van der Waals surface area contributed by atoms with Crippen LogP contribution < -0.4 is 15.5 Å². The molecule has 2 heterocycles. The van der Waals surface area contributed by atoms with Crippen LogP contribution in [0, 0.1) is 0 Å². The number of hydrogen-bond donors (Lipinski definition) is 2. The van der Waals surface area contributed by atoms with Gasteiger partial charge < -0.3 is 20.3 Å². The van der Waals surface area contributed by atoms with Crippen molar-refractivity contribution in [2.75, 3.05) is 56.2 Å². The first kappa shape index (κ1) is 23.7. The second-order valence-electron chi connectivity index (χ2n) is 7.71. The van der Waals surface area contributed by atoms with Crippen LogP contribution in [0.4, 0.5) is 11.5 Å². The molecule has 1 aliphatic rings. The SMILES string of the molecule is CCN(CC)c1ccc(C(=O)NCc2cccc(NC(=O)CCN3CCOCC3)c2)cn1. The highest BCUT2D eigenvalue weighted by Gasteiger charge is 2.12. The molecular formula is C24H33N5O3. The zero-order valence-corrected chi connectivity index (χ0v) is 19.0. The largest absolute Gasteiger partial charge is 0.379 e. The minimum Gasteiger partial charge on any atom is -0.379 e. The van der Waals surface area contributed by atoms with Gasteiger partial charge in [-0.15, -0.1) is 0 Å². The summed E-state index contributed by atoms with van der Waals surface area (Å²) in [6.45, 7) is 10.2. The molecule has 1 aromatic carbocycles. The zero-order chi connectivity index (χ0) is 22.8. The van der Waals surface area contributed by atoms with Gasteiger partial charge in [-0.05, 0) is 43.7 Å². The maximum absolute atomic E-state index is 12.5. The molecule has 1 aromatic heterocycles. The first-order valence-corrected chi connectivity index (χ1v) is 11.3. The summed E-state index contributed by atoms with van der Waals surface area (Å²) in [6, 6.07) is 11.2. The number of rotatable bonds is 10. The van der Waals surface area contributed by atoms with Gasteiger partial charge in [0.05, 0.1) is 18.8 Å². The van der Waals surface area contributed by atoms with Crippen LogP contribution in [0.1, 0.15) is 36.2 Å². The van der Waals surface area contributed by atoms with E-state index in [-0.39, 0.29) is 11.8 Å². The Labute approximate surface area is 190 Å². The van der Waals surface area contributed by atoms with Crippen molar-refractivity contribution in [2.45, 2.75) is 26.8 Å². The lowest BCUT2D eigenvalue weighted by Crippen LogP contribution is -2.38. The number of hydrogen-bond acceptors (Lipinski definition) is 6. The summed E-state index contributed by atoms with van der Waals surface area (Å²) < 4.78 is 5.33. The number of nitrogens with zero attached hydrogens (tertiary/aromatic N) is 3. The van der Waals surface area contributed by atoms with Gasteiger partial charge in [-0.3, -0.25) is 14.5 Å². The van der Waals surface area contributed by atoms with Gasteiger partial charge in [-0.1, -0.05) is 12.1 Å². The second-order valence-corrected chi connectivity index (χ2v) is 7.71. The number of anilines is 2. The molecule has 0 bridgehead atoms. The van der Waals surface area contributed by atoms with E-state index in [1.807, 2.05) is 30.3 Å². The Kier molecular flexibility index (Phi) is 9.01. The van der Waals surface area contributed by atoms with Gasteiger partial charge in [-0.2, -0.15) is 0 Å². The van der Waals surface area contributed by atoms with E-state index in [9.17, 15) is 9.59 Å². The molecule has 2 amide bonds. The lowest BCUT2D eigenvalue weighted by atomic mass is 10.2. The number of carbonyl (C=O) groups excluding carboxylic acids is 2. The average Bonchev–Trinajstić information content (AvgIpc) is 2.83. The van der Waals surface area contributed by atoms with Crippen molar-refractivity contribution in [1.29, 1.82) is 0 Å². The van der Waals surface area contributed by atoms with Crippen LogP contribution in [0.3, 0.4) is 0 Å². The standard InChI is InChI=1S/C24H33N5O3/c1-3-29(4-2)22-9-8-20(18-25-22)24(31)26-17-19-6-5-7-21(16-19)27-23(30)10-11-28-12-14-32-15-13-28/h5-9,16,18H,3-4,10-15,17H2,1-2H3,(H,26,31)(H,27,30). The van der Waals surface area contributed by atoms with Crippen molar-refractivity contribution < 1.29 is 14.3 Å². The molecule has 3 rings (SSSR count). The van der Waals surface area contributed by atoms with E-state index in [2.05, 4.69) is 39.3 Å². The Morgan fingerprint density at radius 2 is 1.91 bits per heavy atom. The first-order valence-electron chi connectivity index (χ1n) is 11.3. The number of benzene rings is 1. The van der Waals surface area contributed by atoms with Crippen molar-refractivity contribution in [3.05, 3.63) is 53.7 Å². The third-order valence-corrected chi connectivity index (χ3v) is 5.52. The fraction of sp³-hybridized carbons (Fsp3) is 0.458. The fourth-order valence-corrected chi connectivity index (χ4v) is 3.61. The maximum Gasteiger partial charge on any atom is 0.253 e. The van der Waals surface area contributed by atoms with Crippen molar-refractivity contribution in [1.82, 2.24) is 15.2 Å². The molecule has 2 N–H and O–H groups in total. The Morgan fingerprint density at radius 3 is 2.59 bits per heavy atom. The number of aromatic nitrogens is 1. The lowest BCUT2D eigenvalue weighted by molar-refractivity contribution is -0.116. The molecule has 1 saturated heterocycles. The van der Waals surface area contributed by atoms with Gasteiger partial charge in [0.25, 0.3) is 5.91 Å². The van der Waals surface area contributed by atoms with Gasteiger partial charge in [0, 0.05) is 57.6 Å². The molecule has 32 heavy (non-hydrogen) atoms. The minimum atomic E-state index is -0.177. The summed E-state index contributed by atoms with van der Waals surface area (Å²) in [5.41, 5.74) is 2.17. The van der Waals surface area contributed by atoms with Crippen LogP contribution in [0.2, 0.25) is 0 Å². The molecule has 0 spiro atoms. The monoisotopic (exact) mass is 439 g/mol. The molecule has 1 aliphatic heterocycles. The van der Waals surface area contributed by atoms with E-state index >= 15 is 0 Å². The number of ether oxygens (including phenoxy) is 1. The summed E-state index contributed by atoms with van der Waals surface area (Å²) in [5.74, 6) is 0.671. The number of amides is 2. The lowest BCUT2D eigenvalue weighted by Gasteiger charge is -2.26. The summed E-state index contributed by atoms with van der Waals surface area (Å²) >= 11 is 0. The van der Waals surface area contributed by atoms with E-state index in [0.717, 1.165) is 63.0 Å². The van der Waals surface area contributed by atoms with Gasteiger partial charge >= 0.3 is 0 Å². The third kappa shape index (κ3) is 7.03. The average molecular weight is 440 g/mol. The van der Waals surface area contributed by atoms with Crippen molar-refractivity contribution in [3.8, 4) is 0 Å². The van der Waals surface area contributed by atoms with Crippen LogP contribution in [0.25, 0.3) is 0 Å². The molecule has 8 nitrogen and oxygen atoms in total. The fourth-order valence-electron chi connectivity index (χ4n) is 3.61. The van der Waals surface area contributed by atoms with E-state index in [4.69, 9.17) is 4.74 Å². The Hall–Kier alpha value is -2.97. The van der Waals surface area contributed by atoms with Crippen molar-refractivity contribution in [3.63, 3.8) is 0 Å². The Morgan fingerprint density at radius 1 is 1.12 bits per heavy atom. The van der Waals surface area contributed by atoms with Crippen LogP contribution in [-0.2, 0) is 16.1 Å². The van der Waals surface area contributed by atoms with Gasteiger partial charge in [0.1, 0.15) is 5.82 Å². The molecule has 0 unspecified atom stereocenters. The Bertz CT molecular complexity index is 877. The van der Waals surface area contributed by atoms with E-state index in [1.165, 1.54) is 0 Å². The van der Waals surface area contributed by atoms with Gasteiger partial charge in [-0.25, -0.2) is 4.98 Å². The summed E-state index contributed by atoms with van der Waals surface area (Å²) in [5, 5.41) is 5.86. The summed E-state index contributed by atoms with van der Waals surface area (Å²) in [6.07, 6.45) is 2.05. The Balaban J connectivity index is 1.47. The van der Waals surface area contributed by atoms with Crippen LogP contribution in [0.15, 0.2) is 42.6 Å². The summed E-state index contributed by atoms with van der Waals surface area (Å²) in [4.78, 5) is 33.5. The highest BCUT2D eigenvalue weighted by Crippen LogP contribution is 2.13.